The summed E-state index contributed by atoms with van der Waals surface area (Å²) in [4.78, 5) is 72.5. The van der Waals surface area contributed by atoms with Crippen molar-refractivity contribution in [2.24, 2.45) is 11.5 Å². The van der Waals surface area contributed by atoms with E-state index in [1.165, 1.54) is 11.8 Å². The number of carbonyl (C=O) groups excluding carboxylic acids is 4. The van der Waals surface area contributed by atoms with Crippen molar-refractivity contribution in [3.05, 3.63) is 35.9 Å². The van der Waals surface area contributed by atoms with E-state index in [1.807, 2.05) is 6.26 Å². The summed E-state index contributed by atoms with van der Waals surface area (Å²) in [5.74, 6) is -5.57. The summed E-state index contributed by atoms with van der Waals surface area (Å²) in [5.41, 5.74) is 11.6. The van der Waals surface area contributed by atoms with Crippen LogP contribution in [0.4, 0.5) is 0 Å². The van der Waals surface area contributed by atoms with Gasteiger partial charge >= 0.3 is 11.9 Å². The maximum Gasteiger partial charge on any atom is 0.326 e. The van der Waals surface area contributed by atoms with Crippen LogP contribution in [0.3, 0.4) is 0 Å². The summed E-state index contributed by atoms with van der Waals surface area (Å²) in [6.07, 6.45) is 0.558. The Hall–Kier alpha value is -3.65. The fraction of sp³-hybridized carbons (Fsp3) is 0.478. The molecular weight excluding hydrogens is 506 g/mol. The standard InChI is InChI=1S/C23H33N5O8S/c1-37-10-9-14(24)20(32)27-16(12-18(25)29)22(34)26-15(7-8-19(30)31)21(33)28-17(23(35)36)11-13-5-3-2-4-6-13/h2-6,14-17H,7-12,24H2,1H3,(H2,25,29)(H,26,34)(H,27,32)(H,28,33)(H,30,31)(H,35,36). The predicted molar refractivity (Wildman–Crippen MR) is 135 cm³/mol. The molecule has 0 heterocycles. The normalized spacial score (nSPS) is 13.9. The highest BCUT2D eigenvalue weighted by molar-refractivity contribution is 7.98. The van der Waals surface area contributed by atoms with Gasteiger partial charge in [-0.05, 0) is 30.4 Å². The third kappa shape index (κ3) is 12.2. The van der Waals surface area contributed by atoms with Gasteiger partial charge in [-0.3, -0.25) is 24.0 Å². The van der Waals surface area contributed by atoms with Gasteiger partial charge in [0.25, 0.3) is 0 Å². The average molecular weight is 540 g/mol. The van der Waals surface area contributed by atoms with Crippen LogP contribution in [0.15, 0.2) is 30.3 Å². The van der Waals surface area contributed by atoms with E-state index in [9.17, 15) is 33.9 Å². The summed E-state index contributed by atoms with van der Waals surface area (Å²) in [6.45, 7) is 0. The number of rotatable bonds is 17. The summed E-state index contributed by atoms with van der Waals surface area (Å²) in [6, 6.07) is 3.21. The highest BCUT2D eigenvalue weighted by atomic mass is 32.2. The SMILES string of the molecule is CSCCC(N)C(=O)NC(CC(N)=O)C(=O)NC(CCC(=O)O)C(=O)NC(Cc1ccccc1)C(=O)O. The number of carboxylic acids is 2. The summed E-state index contributed by atoms with van der Waals surface area (Å²) >= 11 is 1.46. The first-order chi connectivity index (χ1) is 17.4. The Morgan fingerprint density at radius 1 is 0.865 bits per heavy atom. The first kappa shape index (κ1) is 31.4. The molecule has 0 spiro atoms. The van der Waals surface area contributed by atoms with Crippen molar-refractivity contribution in [3.63, 3.8) is 0 Å². The van der Waals surface area contributed by atoms with E-state index in [0.29, 0.717) is 17.7 Å². The molecule has 1 aromatic rings. The zero-order valence-corrected chi connectivity index (χ0v) is 21.2. The molecule has 4 amide bonds. The average Bonchev–Trinajstić information content (AvgIpc) is 2.83. The molecule has 0 fully saturated rings. The van der Waals surface area contributed by atoms with Crippen LogP contribution in [0.5, 0.6) is 0 Å². The van der Waals surface area contributed by atoms with Crippen LogP contribution < -0.4 is 27.4 Å². The van der Waals surface area contributed by atoms with Crippen LogP contribution in [0.2, 0.25) is 0 Å². The Morgan fingerprint density at radius 2 is 1.43 bits per heavy atom. The molecule has 0 aliphatic rings. The molecule has 37 heavy (non-hydrogen) atoms. The number of hydrogen-bond acceptors (Lipinski definition) is 8. The third-order valence-corrected chi connectivity index (χ3v) is 5.83. The van der Waals surface area contributed by atoms with Crippen LogP contribution in [0.25, 0.3) is 0 Å². The molecule has 0 aromatic heterocycles. The van der Waals surface area contributed by atoms with Crippen molar-refractivity contribution in [2.45, 2.75) is 56.3 Å². The Kier molecular flexibility index (Phi) is 13.7. The fourth-order valence-corrected chi connectivity index (χ4v) is 3.69. The lowest BCUT2D eigenvalue weighted by Gasteiger charge is -2.24. The third-order valence-electron chi connectivity index (χ3n) is 5.19. The summed E-state index contributed by atoms with van der Waals surface area (Å²) in [5, 5.41) is 25.5. The number of hydrogen-bond donors (Lipinski definition) is 7. The lowest BCUT2D eigenvalue weighted by atomic mass is 10.0. The molecular formula is C23H33N5O8S. The molecule has 1 rings (SSSR count). The van der Waals surface area contributed by atoms with Crippen LogP contribution in [0, 0.1) is 0 Å². The monoisotopic (exact) mass is 539 g/mol. The zero-order chi connectivity index (χ0) is 28.0. The lowest BCUT2D eigenvalue weighted by Crippen LogP contribution is -2.58. The van der Waals surface area contributed by atoms with E-state index in [-0.39, 0.29) is 12.8 Å². The van der Waals surface area contributed by atoms with E-state index in [0.717, 1.165) is 0 Å². The molecule has 0 aliphatic heterocycles. The number of amides is 4. The number of carboxylic acid groups (broad SMARTS) is 2. The van der Waals surface area contributed by atoms with Gasteiger partial charge in [-0.25, -0.2) is 4.79 Å². The molecule has 0 bridgehead atoms. The first-order valence-corrected chi connectivity index (χ1v) is 12.8. The molecule has 0 saturated heterocycles. The Morgan fingerprint density at radius 3 is 1.97 bits per heavy atom. The van der Waals surface area contributed by atoms with Crippen LogP contribution in [-0.4, -0.2) is 82.0 Å². The van der Waals surface area contributed by atoms with E-state index in [4.69, 9.17) is 16.6 Å². The molecule has 14 heteroatoms. The van der Waals surface area contributed by atoms with Crippen molar-refractivity contribution < 1.29 is 39.0 Å². The minimum atomic E-state index is -1.48. The molecule has 204 valence electrons. The summed E-state index contributed by atoms with van der Waals surface area (Å²) < 4.78 is 0. The Labute approximate surface area is 218 Å². The van der Waals surface area contributed by atoms with Crippen molar-refractivity contribution in [1.29, 1.82) is 0 Å². The number of carbonyl (C=O) groups is 6. The number of aliphatic carboxylic acids is 2. The van der Waals surface area contributed by atoms with Gasteiger partial charge in [-0.1, -0.05) is 30.3 Å². The van der Waals surface area contributed by atoms with Crippen LogP contribution in [-0.2, 0) is 35.2 Å². The second-order valence-corrected chi connectivity index (χ2v) is 9.19. The highest BCUT2D eigenvalue weighted by Crippen LogP contribution is 2.07. The maximum atomic E-state index is 12.9. The zero-order valence-electron chi connectivity index (χ0n) is 20.3. The number of nitrogens with one attached hydrogen (secondary N) is 3. The minimum absolute atomic E-state index is 0.0597. The second-order valence-electron chi connectivity index (χ2n) is 8.20. The van der Waals surface area contributed by atoms with Crippen LogP contribution >= 0.6 is 11.8 Å². The number of benzene rings is 1. The van der Waals surface area contributed by atoms with E-state index in [1.54, 1.807) is 30.3 Å². The van der Waals surface area contributed by atoms with Gasteiger partial charge < -0.3 is 37.6 Å². The van der Waals surface area contributed by atoms with Gasteiger partial charge in [-0.2, -0.15) is 11.8 Å². The van der Waals surface area contributed by atoms with Crippen molar-refractivity contribution >= 4 is 47.3 Å². The second kappa shape index (κ2) is 16.2. The quantitative estimate of drug-likeness (QED) is 0.122. The van der Waals surface area contributed by atoms with Gasteiger partial charge in [0.2, 0.25) is 23.6 Å². The van der Waals surface area contributed by atoms with Gasteiger partial charge in [0.1, 0.15) is 18.1 Å². The smallest absolute Gasteiger partial charge is 0.326 e. The molecule has 1 aromatic carbocycles. The number of primary amides is 1. The van der Waals surface area contributed by atoms with Crippen molar-refractivity contribution in [1.82, 2.24) is 16.0 Å². The maximum absolute atomic E-state index is 12.9. The number of thioether (sulfide) groups is 1. The van der Waals surface area contributed by atoms with Crippen molar-refractivity contribution in [3.8, 4) is 0 Å². The molecule has 0 saturated carbocycles. The lowest BCUT2D eigenvalue weighted by molar-refractivity contribution is -0.143. The minimum Gasteiger partial charge on any atom is -0.481 e. The topological polar surface area (TPSA) is 231 Å². The molecule has 0 aliphatic carbocycles. The molecule has 4 unspecified atom stereocenters. The Bertz CT molecular complexity index is 962. The number of nitrogens with two attached hydrogens (primary N) is 2. The highest BCUT2D eigenvalue weighted by Gasteiger charge is 2.31. The predicted octanol–water partition coefficient (Wildman–Crippen LogP) is -1.41. The summed E-state index contributed by atoms with van der Waals surface area (Å²) in [7, 11) is 0. The molecule has 0 radical (unpaired) electrons. The Balaban J connectivity index is 3.02. The molecule has 4 atom stereocenters. The van der Waals surface area contributed by atoms with Gasteiger partial charge in [-0.15, -0.1) is 0 Å². The van der Waals surface area contributed by atoms with Gasteiger partial charge in [0.15, 0.2) is 0 Å². The van der Waals surface area contributed by atoms with Gasteiger partial charge in [0, 0.05) is 12.8 Å². The van der Waals surface area contributed by atoms with E-state index < -0.39 is 72.6 Å². The van der Waals surface area contributed by atoms with E-state index in [2.05, 4.69) is 16.0 Å². The van der Waals surface area contributed by atoms with Crippen LogP contribution in [0.1, 0.15) is 31.2 Å². The van der Waals surface area contributed by atoms with Gasteiger partial charge in [0.05, 0.1) is 12.5 Å². The fourth-order valence-electron chi connectivity index (χ4n) is 3.20. The largest absolute Gasteiger partial charge is 0.481 e. The van der Waals surface area contributed by atoms with Crippen molar-refractivity contribution in [2.75, 3.05) is 12.0 Å². The molecule has 9 N–H and O–H groups in total. The first-order valence-electron chi connectivity index (χ1n) is 11.4. The van der Waals surface area contributed by atoms with E-state index >= 15 is 0 Å². The molecule has 13 nitrogen and oxygen atoms in total.